The summed E-state index contributed by atoms with van der Waals surface area (Å²) in [7, 11) is 0. The lowest BCUT2D eigenvalue weighted by Gasteiger charge is -2.29. The number of rotatable bonds is 5. The molecule has 1 aromatic carbocycles. The predicted octanol–water partition coefficient (Wildman–Crippen LogP) is 4.37. The largest absolute Gasteiger partial charge is 0.354 e. The van der Waals surface area contributed by atoms with E-state index in [1.54, 1.807) is 0 Å². The fraction of sp³-hybridized carbons (Fsp3) is 0.619. The Kier molecular flexibility index (Phi) is 7.53. The summed E-state index contributed by atoms with van der Waals surface area (Å²) in [6, 6.07) is 8.29. The van der Waals surface area contributed by atoms with Gasteiger partial charge in [0.25, 0.3) is 5.91 Å². The second-order valence-corrected chi connectivity index (χ2v) is 10.5. The van der Waals surface area contributed by atoms with E-state index in [0.717, 1.165) is 25.7 Å². The van der Waals surface area contributed by atoms with Gasteiger partial charge in [0, 0.05) is 23.6 Å². The highest BCUT2D eigenvalue weighted by Crippen LogP contribution is 2.43. The van der Waals surface area contributed by atoms with Crippen LogP contribution in [-0.2, 0) is 4.79 Å². The first kappa shape index (κ1) is 20.6. The summed E-state index contributed by atoms with van der Waals surface area (Å²) >= 11 is 3.98. The minimum atomic E-state index is -0.0274. The highest BCUT2D eigenvalue weighted by atomic mass is 32.2. The van der Waals surface area contributed by atoms with Gasteiger partial charge in [0.1, 0.15) is 0 Å². The molecule has 2 amide bonds. The van der Waals surface area contributed by atoms with Crippen LogP contribution >= 0.6 is 23.5 Å². The number of nitrogens with one attached hydrogen (secondary N) is 2. The SMILES string of the molecule is CC(C)NC(=O)C1CCCC(NC(=O)c2ccc(C3SCCCS3)cc2)C1. The maximum absolute atomic E-state index is 12.6. The van der Waals surface area contributed by atoms with Crippen molar-refractivity contribution in [2.75, 3.05) is 11.5 Å². The molecule has 2 fully saturated rings. The Hall–Kier alpha value is -1.14. The highest BCUT2D eigenvalue weighted by Gasteiger charge is 2.28. The Bertz CT molecular complexity index is 642. The molecule has 148 valence electrons. The number of carbonyl (C=O) groups excluding carboxylic acids is 2. The van der Waals surface area contributed by atoms with Crippen molar-refractivity contribution in [2.24, 2.45) is 5.92 Å². The van der Waals surface area contributed by atoms with Crippen LogP contribution in [0.1, 0.15) is 66.5 Å². The summed E-state index contributed by atoms with van der Waals surface area (Å²) in [6.45, 7) is 3.96. The van der Waals surface area contributed by atoms with Crippen molar-refractivity contribution in [3.8, 4) is 0 Å². The zero-order chi connectivity index (χ0) is 19.2. The third-order valence-electron chi connectivity index (χ3n) is 5.08. The number of carbonyl (C=O) groups is 2. The molecule has 1 heterocycles. The van der Waals surface area contributed by atoms with Crippen LogP contribution in [0.2, 0.25) is 0 Å². The Balaban J connectivity index is 1.54. The molecule has 2 atom stereocenters. The quantitative estimate of drug-likeness (QED) is 0.762. The van der Waals surface area contributed by atoms with Gasteiger partial charge in [-0.15, -0.1) is 23.5 Å². The van der Waals surface area contributed by atoms with E-state index in [-0.39, 0.29) is 29.8 Å². The molecule has 1 aromatic rings. The average molecular weight is 407 g/mol. The number of thioether (sulfide) groups is 2. The van der Waals surface area contributed by atoms with Crippen LogP contribution in [0.25, 0.3) is 0 Å². The van der Waals surface area contributed by atoms with E-state index < -0.39 is 0 Å². The van der Waals surface area contributed by atoms with Gasteiger partial charge in [-0.05, 0) is 68.7 Å². The smallest absolute Gasteiger partial charge is 0.251 e. The molecule has 3 rings (SSSR count). The van der Waals surface area contributed by atoms with Crippen molar-refractivity contribution < 1.29 is 9.59 Å². The molecular formula is C21H30N2O2S2. The Morgan fingerprint density at radius 2 is 1.74 bits per heavy atom. The average Bonchev–Trinajstić information content (AvgIpc) is 2.68. The molecule has 0 bridgehead atoms. The first-order chi connectivity index (χ1) is 13.0. The lowest BCUT2D eigenvalue weighted by Crippen LogP contribution is -2.43. The van der Waals surface area contributed by atoms with Gasteiger partial charge in [-0.2, -0.15) is 0 Å². The van der Waals surface area contributed by atoms with E-state index >= 15 is 0 Å². The lowest BCUT2D eigenvalue weighted by molar-refractivity contribution is -0.126. The van der Waals surface area contributed by atoms with Gasteiger partial charge in [0.2, 0.25) is 5.91 Å². The van der Waals surface area contributed by atoms with Gasteiger partial charge in [-0.1, -0.05) is 18.6 Å². The van der Waals surface area contributed by atoms with E-state index in [4.69, 9.17) is 0 Å². The van der Waals surface area contributed by atoms with Crippen molar-refractivity contribution in [1.29, 1.82) is 0 Å². The maximum Gasteiger partial charge on any atom is 0.251 e. The van der Waals surface area contributed by atoms with Gasteiger partial charge < -0.3 is 10.6 Å². The topological polar surface area (TPSA) is 58.2 Å². The van der Waals surface area contributed by atoms with Crippen LogP contribution in [0.4, 0.5) is 0 Å². The van der Waals surface area contributed by atoms with Gasteiger partial charge in [-0.25, -0.2) is 0 Å². The number of hydrogen-bond acceptors (Lipinski definition) is 4. The van der Waals surface area contributed by atoms with Gasteiger partial charge in [0.15, 0.2) is 0 Å². The third-order valence-corrected chi connectivity index (χ3v) is 8.10. The number of hydrogen-bond donors (Lipinski definition) is 2. The zero-order valence-electron chi connectivity index (χ0n) is 16.2. The molecule has 1 aliphatic carbocycles. The monoisotopic (exact) mass is 406 g/mol. The van der Waals surface area contributed by atoms with Gasteiger partial charge in [0.05, 0.1) is 4.58 Å². The fourth-order valence-electron chi connectivity index (χ4n) is 3.70. The molecule has 1 saturated heterocycles. The van der Waals surface area contributed by atoms with Crippen LogP contribution < -0.4 is 10.6 Å². The van der Waals surface area contributed by atoms with Gasteiger partial charge >= 0.3 is 0 Å². The number of benzene rings is 1. The summed E-state index contributed by atoms with van der Waals surface area (Å²) in [5.74, 6) is 2.53. The molecule has 0 aromatic heterocycles. The minimum absolute atomic E-state index is 0.00850. The van der Waals surface area contributed by atoms with Crippen LogP contribution in [-0.4, -0.2) is 35.4 Å². The zero-order valence-corrected chi connectivity index (χ0v) is 17.8. The Labute approximate surface area is 171 Å². The van der Waals surface area contributed by atoms with Crippen molar-refractivity contribution in [3.63, 3.8) is 0 Å². The van der Waals surface area contributed by atoms with E-state index in [9.17, 15) is 9.59 Å². The lowest BCUT2D eigenvalue weighted by atomic mass is 9.85. The van der Waals surface area contributed by atoms with E-state index in [0.29, 0.717) is 10.1 Å². The molecule has 0 radical (unpaired) electrons. The summed E-state index contributed by atoms with van der Waals surface area (Å²) in [4.78, 5) is 24.9. The molecule has 0 spiro atoms. The van der Waals surface area contributed by atoms with Crippen molar-refractivity contribution in [3.05, 3.63) is 35.4 Å². The van der Waals surface area contributed by atoms with E-state index in [1.165, 1.54) is 23.5 Å². The highest BCUT2D eigenvalue weighted by molar-refractivity contribution is 8.16. The van der Waals surface area contributed by atoms with E-state index in [1.807, 2.05) is 49.5 Å². The summed E-state index contributed by atoms with van der Waals surface area (Å²) in [6.07, 6.45) is 4.86. The van der Waals surface area contributed by atoms with Crippen LogP contribution in [0.3, 0.4) is 0 Å². The molecule has 1 aliphatic heterocycles. The Morgan fingerprint density at radius 1 is 1.04 bits per heavy atom. The molecule has 4 nitrogen and oxygen atoms in total. The van der Waals surface area contributed by atoms with E-state index in [2.05, 4.69) is 22.8 Å². The molecule has 2 unspecified atom stereocenters. The number of amides is 2. The predicted molar refractivity (Wildman–Crippen MR) is 115 cm³/mol. The van der Waals surface area contributed by atoms with Crippen molar-refractivity contribution in [2.45, 2.75) is 62.6 Å². The van der Waals surface area contributed by atoms with Crippen LogP contribution in [0.15, 0.2) is 24.3 Å². The molecule has 1 saturated carbocycles. The molecule has 27 heavy (non-hydrogen) atoms. The molecule has 2 N–H and O–H groups in total. The molecular weight excluding hydrogens is 376 g/mol. The van der Waals surface area contributed by atoms with Crippen LogP contribution in [0, 0.1) is 5.92 Å². The second kappa shape index (κ2) is 9.87. The summed E-state index contributed by atoms with van der Waals surface area (Å²) in [5.41, 5.74) is 2.00. The molecule has 2 aliphatic rings. The standard InChI is InChI=1S/C21H30N2O2S2/c1-14(2)22-20(25)17-5-3-6-18(13-17)23-19(24)15-7-9-16(10-8-15)21-26-11-4-12-27-21/h7-10,14,17-18,21H,3-6,11-13H2,1-2H3,(H,22,25)(H,23,24). The summed E-state index contributed by atoms with van der Waals surface area (Å²) < 4.78 is 0.495. The van der Waals surface area contributed by atoms with Crippen LogP contribution in [0.5, 0.6) is 0 Å². The minimum Gasteiger partial charge on any atom is -0.354 e. The maximum atomic E-state index is 12.6. The Morgan fingerprint density at radius 3 is 2.41 bits per heavy atom. The first-order valence-electron chi connectivity index (χ1n) is 9.97. The summed E-state index contributed by atoms with van der Waals surface area (Å²) in [5, 5.41) is 6.14. The van der Waals surface area contributed by atoms with Gasteiger partial charge in [-0.3, -0.25) is 9.59 Å². The second-order valence-electron chi connectivity index (χ2n) is 7.75. The third kappa shape index (κ3) is 5.92. The van der Waals surface area contributed by atoms with Crippen molar-refractivity contribution in [1.82, 2.24) is 10.6 Å². The first-order valence-corrected chi connectivity index (χ1v) is 12.1. The fourth-order valence-corrected chi connectivity index (χ4v) is 6.60. The normalized spacial score (nSPS) is 23.8. The van der Waals surface area contributed by atoms with Crippen molar-refractivity contribution >= 4 is 35.3 Å². The molecule has 6 heteroatoms.